The fraction of sp³-hybridized carbons (Fsp3) is 0.308. The van der Waals surface area contributed by atoms with E-state index in [0.717, 1.165) is 16.7 Å². The summed E-state index contributed by atoms with van der Waals surface area (Å²) < 4.78 is 5.12. The van der Waals surface area contributed by atoms with Crippen LogP contribution in [0.3, 0.4) is 0 Å². The normalized spacial score (nSPS) is 12.3. The average Bonchev–Trinajstić information content (AvgIpc) is 2.37. The zero-order valence-electron chi connectivity index (χ0n) is 10.3. The van der Waals surface area contributed by atoms with Crippen molar-refractivity contribution in [3.05, 3.63) is 30.2 Å². The van der Waals surface area contributed by atoms with Crippen molar-refractivity contribution in [3.63, 3.8) is 0 Å². The fourth-order valence-corrected chi connectivity index (χ4v) is 1.64. The second-order valence-corrected chi connectivity index (χ2v) is 4.15. The Labute approximate surface area is 104 Å². The lowest BCUT2D eigenvalue weighted by molar-refractivity contribution is -0.141. The van der Waals surface area contributed by atoms with Crippen molar-refractivity contribution in [2.24, 2.45) is 5.92 Å². The van der Waals surface area contributed by atoms with E-state index in [4.69, 9.17) is 9.84 Å². The number of nitrogens with zero attached hydrogens (tertiary/aromatic N) is 2. The van der Waals surface area contributed by atoms with E-state index in [-0.39, 0.29) is 0 Å². The molecule has 94 valence electrons. The predicted molar refractivity (Wildman–Crippen MR) is 66.6 cm³/mol. The van der Waals surface area contributed by atoms with Crippen LogP contribution in [0.1, 0.15) is 12.7 Å². The summed E-state index contributed by atoms with van der Waals surface area (Å²) in [6.45, 7) is 1.64. The third-order valence-electron chi connectivity index (χ3n) is 2.75. The highest BCUT2D eigenvalue weighted by Crippen LogP contribution is 2.19. The third-order valence-corrected chi connectivity index (χ3v) is 2.75. The molecule has 0 saturated carbocycles. The van der Waals surface area contributed by atoms with Crippen molar-refractivity contribution >= 4 is 16.9 Å². The molecule has 1 N–H and O–H groups in total. The van der Waals surface area contributed by atoms with E-state index in [1.807, 2.05) is 18.2 Å². The van der Waals surface area contributed by atoms with Crippen molar-refractivity contribution < 1.29 is 14.6 Å². The van der Waals surface area contributed by atoms with Crippen LogP contribution in [0.5, 0.6) is 5.75 Å². The van der Waals surface area contributed by atoms with Gasteiger partial charge in [-0.3, -0.25) is 4.79 Å². The number of carboxylic acid groups (broad SMARTS) is 1. The minimum atomic E-state index is -0.839. The highest BCUT2D eigenvalue weighted by Gasteiger charge is 2.13. The minimum Gasteiger partial charge on any atom is -0.497 e. The lowest BCUT2D eigenvalue weighted by Gasteiger charge is -2.06. The van der Waals surface area contributed by atoms with Crippen LogP contribution in [-0.4, -0.2) is 28.2 Å². The van der Waals surface area contributed by atoms with Gasteiger partial charge in [0, 0.05) is 18.0 Å². The number of methoxy groups -OCH3 is 1. The number of rotatable bonds is 4. The number of benzene rings is 1. The smallest absolute Gasteiger partial charge is 0.306 e. The van der Waals surface area contributed by atoms with Gasteiger partial charge in [-0.25, -0.2) is 9.97 Å². The Bertz CT molecular complexity index is 583. The van der Waals surface area contributed by atoms with Crippen LogP contribution in [0, 0.1) is 5.92 Å². The molecule has 0 fully saturated rings. The largest absolute Gasteiger partial charge is 0.497 e. The zero-order valence-corrected chi connectivity index (χ0v) is 10.3. The first-order valence-corrected chi connectivity index (χ1v) is 5.62. The summed E-state index contributed by atoms with van der Waals surface area (Å²) in [5, 5.41) is 9.73. The lowest BCUT2D eigenvalue weighted by Crippen LogP contribution is -2.14. The SMILES string of the molecule is COc1ccc2nc(CC(C)C(=O)O)ncc2c1. The minimum absolute atomic E-state index is 0.331. The molecule has 0 bridgehead atoms. The van der Waals surface area contributed by atoms with E-state index >= 15 is 0 Å². The highest BCUT2D eigenvalue weighted by atomic mass is 16.5. The molecular weight excluding hydrogens is 232 g/mol. The Hall–Kier alpha value is -2.17. The van der Waals surface area contributed by atoms with Gasteiger partial charge in [-0.1, -0.05) is 6.92 Å². The first-order chi connectivity index (χ1) is 8.60. The van der Waals surface area contributed by atoms with Gasteiger partial charge < -0.3 is 9.84 Å². The van der Waals surface area contributed by atoms with E-state index in [2.05, 4.69) is 9.97 Å². The molecule has 2 rings (SSSR count). The van der Waals surface area contributed by atoms with E-state index < -0.39 is 11.9 Å². The van der Waals surface area contributed by atoms with E-state index in [0.29, 0.717) is 12.2 Å². The highest BCUT2D eigenvalue weighted by molar-refractivity contribution is 5.79. The van der Waals surface area contributed by atoms with Gasteiger partial charge in [-0.05, 0) is 18.2 Å². The molecule has 2 aromatic rings. The fourth-order valence-electron chi connectivity index (χ4n) is 1.64. The molecule has 1 unspecified atom stereocenters. The topological polar surface area (TPSA) is 72.3 Å². The quantitative estimate of drug-likeness (QED) is 0.892. The molecule has 5 nitrogen and oxygen atoms in total. The molecule has 0 aliphatic heterocycles. The van der Waals surface area contributed by atoms with E-state index in [1.54, 1.807) is 20.2 Å². The van der Waals surface area contributed by atoms with Gasteiger partial charge >= 0.3 is 5.97 Å². The first-order valence-electron chi connectivity index (χ1n) is 5.62. The summed E-state index contributed by atoms with van der Waals surface area (Å²) in [5.74, 6) is -0.0329. The van der Waals surface area contributed by atoms with Crippen LogP contribution >= 0.6 is 0 Å². The van der Waals surface area contributed by atoms with Crippen LogP contribution in [0.15, 0.2) is 24.4 Å². The number of ether oxygens (including phenoxy) is 1. The number of aliphatic carboxylic acids is 1. The van der Waals surface area contributed by atoms with Gasteiger partial charge in [0.25, 0.3) is 0 Å². The van der Waals surface area contributed by atoms with Gasteiger partial charge in [-0.2, -0.15) is 0 Å². The van der Waals surface area contributed by atoms with E-state index in [9.17, 15) is 4.79 Å². The number of hydrogen-bond acceptors (Lipinski definition) is 4. The molecule has 18 heavy (non-hydrogen) atoms. The molecular formula is C13H14N2O3. The van der Waals surface area contributed by atoms with Crippen molar-refractivity contribution in [3.8, 4) is 5.75 Å². The Balaban J connectivity index is 2.30. The summed E-state index contributed by atoms with van der Waals surface area (Å²) in [7, 11) is 1.60. The van der Waals surface area contributed by atoms with Gasteiger partial charge in [0.2, 0.25) is 0 Å². The van der Waals surface area contributed by atoms with Crippen molar-refractivity contribution in [1.82, 2.24) is 9.97 Å². The average molecular weight is 246 g/mol. The molecule has 5 heteroatoms. The molecule has 0 radical (unpaired) electrons. The summed E-state index contributed by atoms with van der Waals surface area (Å²) in [5.41, 5.74) is 0.790. The number of hydrogen-bond donors (Lipinski definition) is 1. The summed E-state index contributed by atoms with van der Waals surface area (Å²) >= 11 is 0. The summed E-state index contributed by atoms with van der Waals surface area (Å²) in [4.78, 5) is 19.3. The molecule has 0 aliphatic rings. The number of carboxylic acids is 1. The number of carbonyl (C=O) groups is 1. The predicted octanol–water partition coefficient (Wildman–Crippen LogP) is 1.90. The second-order valence-electron chi connectivity index (χ2n) is 4.15. The summed E-state index contributed by atoms with van der Waals surface area (Å²) in [6.07, 6.45) is 2.02. The van der Waals surface area contributed by atoms with Gasteiger partial charge in [-0.15, -0.1) is 0 Å². The molecule has 1 aromatic carbocycles. The number of aromatic nitrogens is 2. The third kappa shape index (κ3) is 2.56. The molecule has 0 spiro atoms. The molecule has 0 amide bonds. The second kappa shape index (κ2) is 5.00. The van der Waals surface area contributed by atoms with E-state index in [1.165, 1.54) is 0 Å². The molecule has 1 aromatic heterocycles. The Morgan fingerprint density at radius 1 is 1.50 bits per heavy atom. The van der Waals surface area contributed by atoms with Crippen molar-refractivity contribution in [2.45, 2.75) is 13.3 Å². The maximum Gasteiger partial charge on any atom is 0.306 e. The Morgan fingerprint density at radius 3 is 2.94 bits per heavy atom. The van der Waals surface area contributed by atoms with Gasteiger partial charge in [0.1, 0.15) is 11.6 Å². The maximum absolute atomic E-state index is 10.8. The Morgan fingerprint density at radius 2 is 2.28 bits per heavy atom. The molecule has 1 heterocycles. The van der Waals surface area contributed by atoms with Crippen LogP contribution in [0.25, 0.3) is 10.9 Å². The van der Waals surface area contributed by atoms with Crippen LogP contribution in [0.4, 0.5) is 0 Å². The zero-order chi connectivity index (χ0) is 13.1. The van der Waals surface area contributed by atoms with Gasteiger partial charge in [0.05, 0.1) is 18.5 Å². The number of fused-ring (bicyclic) bond motifs is 1. The van der Waals surface area contributed by atoms with Crippen LogP contribution < -0.4 is 4.74 Å². The van der Waals surface area contributed by atoms with Gasteiger partial charge in [0.15, 0.2) is 0 Å². The Kier molecular flexibility index (Phi) is 3.41. The maximum atomic E-state index is 10.8. The lowest BCUT2D eigenvalue weighted by atomic mass is 10.1. The summed E-state index contributed by atoms with van der Waals surface area (Å²) in [6, 6.07) is 5.50. The van der Waals surface area contributed by atoms with Crippen LogP contribution in [-0.2, 0) is 11.2 Å². The monoisotopic (exact) mass is 246 g/mol. The first kappa shape index (κ1) is 12.3. The van der Waals surface area contributed by atoms with Crippen molar-refractivity contribution in [1.29, 1.82) is 0 Å². The standard InChI is InChI=1S/C13H14N2O3/c1-8(13(16)17)5-12-14-7-9-6-10(18-2)3-4-11(9)15-12/h3-4,6-8H,5H2,1-2H3,(H,16,17). The molecule has 1 atom stereocenters. The van der Waals surface area contributed by atoms with Crippen molar-refractivity contribution in [2.75, 3.05) is 7.11 Å². The van der Waals surface area contributed by atoms with Crippen LogP contribution in [0.2, 0.25) is 0 Å². The molecule has 0 aliphatic carbocycles. The molecule has 0 saturated heterocycles.